The lowest BCUT2D eigenvalue weighted by Crippen LogP contribution is -2.47. The predicted octanol–water partition coefficient (Wildman–Crippen LogP) is 1.12. The molecule has 0 aromatic rings. The highest BCUT2D eigenvalue weighted by molar-refractivity contribution is 5.53. The number of hydrogen-bond acceptors (Lipinski definition) is 2. The van der Waals surface area contributed by atoms with Gasteiger partial charge in [-0.2, -0.15) is 13.2 Å². The lowest BCUT2D eigenvalue weighted by Gasteiger charge is -2.28. The van der Waals surface area contributed by atoms with Crippen molar-refractivity contribution in [2.45, 2.75) is 25.1 Å². The highest BCUT2D eigenvalue weighted by atomic mass is 19.4. The first-order valence-electron chi connectivity index (χ1n) is 3.79. The van der Waals surface area contributed by atoms with Crippen LogP contribution in [0.1, 0.15) is 12.8 Å². The summed E-state index contributed by atoms with van der Waals surface area (Å²) in [6.07, 6.45) is -3.22. The van der Waals surface area contributed by atoms with E-state index in [2.05, 4.69) is 5.32 Å². The van der Waals surface area contributed by atoms with E-state index in [1.165, 1.54) is 0 Å². The average Bonchev–Trinajstić information content (AvgIpc) is 2.03. The molecule has 0 saturated carbocycles. The normalized spacial score (nSPS) is 31.6. The van der Waals surface area contributed by atoms with Crippen LogP contribution >= 0.6 is 0 Å². The number of nitrogens with one attached hydrogen (secondary N) is 1. The molecule has 1 aliphatic rings. The van der Waals surface area contributed by atoms with Crippen molar-refractivity contribution in [2.24, 2.45) is 5.92 Å². The molecular formula is C7H10F3NO. The number of carbonyl (C=O) groups excluding carboxylic acids is 1. The van der Waals surface area contributed by atoms with E-state index in [1.807, 2.05) is 0 Å². The molecule has 0 bridgehead atoms. The van der Waals surface area contributed by atoms with Crippen molar-refractivity contribution < 1.29 is 18.0 Å². The van der Waals surface area contributed by atoms with Gasteiger partial charge in [-0.15, -0.1) is 0 Å². The Bertz CT molecular complexity index is 169. The van der Waals surface area contributed by atoms with Gasteiger partial charge in [-0.1, -0.05) is 0 Å². The van der Waals surface area contributed by atoms with Gasteiger partial charge in [-0.05, 0) is 19.4 Å². The van der Waals surface area contributed by atoms with Gasteiger partial charge >= 0.3 is 6.18 Å². The van der Waals surface area contributed by atoms with E-state index >= 15 is 0 Å². The molecule has 1 heterocycles. The zero-order valence-electron chi connectivity index (χ0n) is 6.40. The Morgan fingerprint density at radius 2 is 2.08 bits per heavy atom. The van der Waals surface area contributed by atoms with Gasteiger partial charge in [0.25, 0.3) is 0 Å². The van der Waals surface area contributed by atoms with E-state index in [-0.39, 0.29) is 13.0 Å². The minimum absolute atomic E-state index is 0.118. The van der Waals surface area contributed by atoms with Crippen LogP contribution < -0.4 is 5.32 Å². The number of rotatable bonds is 1. The van der Waals surface area contributed by atoms with Crippen LogP contribution in [0.4, 0.5) is 13.2 Å². The maximum atomic E-state index is 12.1. The molecule has 1 saturated heterocycles. The molecule has 0 aromatic heterocycles. The van der Waals surface area contributed by atoms with E-state index in [4.69, 9.17) is 0 Å². The van der Waals surface area contributed by atoms with E-state index in [1.54, 1.807) is 0 Å². The Morgan fingerprint density at radius 3 is 2.58 bits per heavy atom. The summed E-state index contributed by atoms with van der Waals surface area (Å²) in [6.45, 7) is 0.271. The van der Waals surface area contributed by atoms with Gasteiger partial charge in [0.2, 0.25) is 0 Å². The summed E-state index contributed by atoms with van der Waals surface area (Å²) >= 11 is 0. The maximum Gasteiger partial charge on any atom is 0.403 e. The van der Waals surface area contributed by atoms with Crippen molar-refractivity contribution in [3.8, 4) is 0 Å². The zero-order valence-corrected chi connectivity index (χ0v) is 6.40. The first-order valence-corrected chi connectivity index (χ1v) is 3.79. The number of piperidine rings is 1. The molecule has 1 rings (SSSR count). The van der Waals surface area contributed by atoms with Crippen LogP contribution in [-0.4, -0.2) is 25.0 Å². The highest BCUT2D eigenvalue weighted by Gasteiger charge is 2.42. The third kappa shape index (κ3) is 2.20. The molecule has 12 heavy (non-hydrogen) atoms. The number of carbonyl (C=O) groups is 1. The van der Waals surface area contributed by atoms with Crippen molar-refractivity contribution >= 4 is 6.29 Å². The fraction of sp³-hybridized carbons (Fsp3) is 0.857. The summed E-state index contributed by atoms with van der Waals surface area (Å²) in [5.74, 6) is -0.433. The van der Waals surface area contributed by atoms with Gasteiger partial charge in [0.05, 0.1) is 0 Å². The van der Waals surface area contributed by atoms with Gasteiger partial charge in [0, 0.05) is 5.92 Å². The summed E-state index contributed by atoms with van der Waals surface area (Å²) < 4.78 is 36.2. The van der Waals surface area contributed by atoms with E-state index < -0.39 is 18.1 Å². The first-order chi connectivity index (χ1) is 5.54. The molecule has 70 valence electrons. The van der Waals surface area contributed by atoms with Crippen LogP contribution in [0.25, 0.3) is 0 Å². The lowest BCUT2D eigenvalue weighted by molar-refractivity contribution is -0.163. The third-order valence-corrected chi connectivity index (χ3v) is 2.03. The van der Waals surface area contributed by atoms with Gasteiger partial charge in [0.1, 0.15) is 12.3 Å². The smallest absolute Gasteiger partial charge is 0.306 e. The maximum absolute atomic E-state index is 12.1. The topological polar surface area (TPSA) is 29.1 Å². The van der Waals surface area contributed by atoms with Gasteiger partial charge in [-0.3, -0.25) is 0 Å². The molecular weight excluding hydrogens is 171 g/mol. The standard InChI is InChI=1S/C7H10F3NO/c8-7(9,10)6-3-5(4-12)1-2-11-6/h4-6,11H,1-3H2. The number of halogens is 3. The molecule has 2 nitrogen and oxygen atoms in total. The number of hydrogen-bond donors (Lipinski definition) is 1. The fourth-order valence-electron chi connectivity index (χ4n) is 1.32. The zero-order chi connectivity index (χ0) is 9.19. The van der Waals surface area contributed by atoms with Crippen molar-refractivity contribution in [3.05, 3.63) is 0 Å². The molecule has 0 radical (unpaired) electrons. The van der Waals surface area contributed by atoms with E-state index in [0.717, 1.165) is 0 Å². The number of alkyl halides is 3. The molecule has 0 aromatic carbocycles. The van der Waals surface area contributed by atoms with E-state index in [0.29, 0.717) is 12.7 Å². The molecule has 2 atom stereocenters. The minimum Gasteiger partial charge on any atom is -0.306 e. The summed E-state index contributed by atoms with van der Waals surface area (Å²) in [4.78, 5) is 10.2. The highest BCUT2D eigenvalue weighted by Crippen LogP contribution is 2.27. The Balaban J connectivity index is 2.51. The summed E-state index contributed by atoms with van der Waals surface area (Å²) in [7, 11) is 0. The molecule has 2 unspecified atom stereocenters. The fourth-order valence-corrected chi connectivity index (χ4v) is 1.32. The van der Waals surface area contributed by atoms with Crippen molar-refractivity contribution in [1.82, 2.24) is 5.32 Å². The Kier molecular flexibility index (Phi) is 2.72. The average molecular weight is 181 g/mol. The Hall–Kier alpha value is -0.580. The molecule has 1 fully saturated rings. The second kappa shape index (κ2) is 3.43. The van der Waals surface area contributed by atoms with Gasteiger partial charge < -0.3 is 10.1 Å². The van der Waals surface area contributed by atoms with Crippen LogP contribution in [0.2, 0.25) is 0 Å². The predicted molar refractivity (Wildman–Crippen MR) is 36.6 cm³/mol. The molecule has 0 amide bonds. The third-order valence-electron chi connectivity index (χ3n) is 2.03. The van der Waals surface area contributed by atoms with Crippen LogP contribution in [0.15, 0.2) is 0 Å². The lowest BCUT2D eigenvalue weighted by atomic mass is 9.93. The van der Waals surface area contributed by atoms with Crippen molar-refractivity contribution in [2.75, 3.05) is 6.54 Å². The molecule has 1 N–H and O–H groups in total. The van der Waals surface area contributed by atoms with Crippen molar-refractivity contribution in [1.29, 1.82) is 0 Å². The largest absolute Gasteiger partial charge is 0.403 e. The summed E-state index contributed by atoms with van der Waals surface area (Å²) in [5, 5.41) is 2.34. The van der Waals surface area contributed by atoms with Crippen LogP contribution in [-0.2, 0) is 4.79 Å². The Morgan fingerprint density at radius 1 is 1.42 bits per heavy atom. The minimum atomic E-state index is -4.22. The van der Waals surface area contributed by atoms with Crippen LogP contribution in [0, 0.1) is 5.92 Å². The van der Waals surface area contributed by atoms with Gasteiger partial charge in [0.15, 0.2) is 0 Å². The summed E-state index contributed by atoms with van der Waals surface area (Å²) in [5.41, 5.74) is 0. The quantitative estimate of drug-likeness (QED) is 0.614. The second-order valence-electron chi connectivity index (χ2n) is 2.97. The van der Waals surface area contributed by atoms with Crippen molar-refractivity contribution in [3.63, 3.8) is 0 Å². The summed E-state index contributed by atoms with van der Waals surface area (Å²) in [6, 6.07) is -1.50. The molecule has 0 spiro atoms. The number of aldehydes is 1. The molecule has 0 aliphatic carbocycles. The SMILES string of the molecule is O=CC1CCNC(C(F)(F)F)C1. The Labute approximate surface area is 68.1 Å². The van der Waals surface area contributed by atoms with E-state index in [9.17, 15) is 18.0 Å². The van der Waals surface area contributed by atoms with Gasteiger partial charge in [-0.25, -0.2) is 0 Å². The first kappa shape index (κ1) is 9.51. The molecule has 5 heteroatoms. The van der Waals surface area contributed by atoms with Crippen LogP contribution in [0.3, 0.4) is 0 Å². The monoisotopic (exact) mass is 181 g/mol. The van der Waals surface area contributed by atoms with Crippen LogP contribution in [0.5, 0.6) is 0 Å². The molecule has 1 aliphatic heterocycles. The second-order valence-corrected chi connectivity index (χ2v) is 2.97.